The summed E-state index contributed by atoms with van der Waals surface area (Å²) in [6.07, 6.45) is -0.455. The minimum Gasteiger partial charge on any atom is -0.444 e. The zero-order chi connectivity index (χ0) is 33.1. The van der Waals surface area contributed by atoms with Crippen molar-refractivity contribution < 1.29 is 35.9 Å². The van der Waals surface area contributed by atoms with Crippen LogP contribution >= 0.6 is 0 Å². The van der Waals surface area contributed by atoms with Gasteiger partial charge in [-0.2, -0.15) is 13.2 Å². The maximum absolute atomic E-state index is 13.1. The number of Topliss-reactive ketones (excluding diaryl/α,β-unsaturated/α-hetero) is 1. The lowest BCUT2D eigenvalue weighted by Gasteiger charge is -2.35. The van der Waals surface area contributed by atoms with Crippen LogP contribution in [-0.2, 0) is 25.7 Å². The third-order valence-corrected chi connectivity index (χ3v) is 7.86. The maximum atomic E-state index is 13.1. The first kappa shape index (κ1) is 36.4. The van der Waals surface area contributed by atoms with Crippen LogP contribution in [0, 0.1) is 5.41 Å². The molecule has 0 aliphatic rings. The van der Waals surface area contributed by atoms with Gasteiger partial charge in [0, 0.05) is 11.6 Å². The van der Waals surface area contributed by atoms with E-state index in [0.29, 0.717) is 17.7 Å². The second kappa shape index (κ2) is 15.8. The Bertz CT molecular complexity index is 1390. The quantitative estimate of drug-likeness (QED) is 0.140. The van der Waals surface area contributed by atoms with Crippen molar-refractivity contribution in [1.82, 2.24) is 20.0 Å². The van der Waals surface area contributed by atoms with Crippen LogP contribution in [0.25, 0.3) is 5.70 Å². The van der Waals surface area contributed by atoms with Crippen LogP contribution in [0.15, 0.2) is 72.4 Å². The number of benzene rings is 1. The summed E-state index contributed by atoms with van der Waals surface area (Å²) in [5.74, 6) is 5.77. The first-order valence-electron chi connectivity index (χ1n) is 13.9. The number of carbonyl (C=O) groups excluding carboxylic acids is 2. The van der Waals surface area contributed by atoms with Crippen molar-refractivity contribution in [3.05, 3.63) is 78.5 Å². The lowest BCUT2D eigenvalue weighted by Crippen LogP contribution is -2.49. The summed E-state index contributed by atoms with van der Waals surface area (Å²) in [7, 11) is -4.05. The van der Waals surface area contributed by atoms with Crippen molar-refractivity contribution in [2.24, 2.45) is 11.3 Å². The second-order valence-corrected chi connectivity index (χ2v) is 12.8. The number of alkyl halides is 3. The number of nitrogens with one attached hydrogen (secondary N) is 2. The van der Waals surface area contributed by atoms with E-state index in [1.54, 1.807) is 26.8 Å². The van der Waals surface area contributed by atoms with Crippen molar-refractivity contribution >= 4 is 27.6 Å². The molecule has 4 N–H and O–H groups in total. The fourth-order valence-corrected chi connectivity index (χ4v) is 4.90. The van der Waals surface area contributed by atoms with Gasteiger partial charge < -0.3 is 15.1 Å². The molecule has 2 atom stereocenters. The molecule has 0 saturated carbocycles. The number of unbranched alkanes of at least 4 members (excludes halogenated alkanes) is 1. The molecule has 1 aromatic heterocycles. The summed E-state index contributed by atoms with van der Waals surface area (Å²) >= 11 is 0. The Hall–Kier alpha value is -3.75. The van der Waals surface area contributed by atoms with Crippen molar-refractivity contribution in [3.63, 3.8) is 0 Å². The number of hydrogen-bond acceptors (Lipinski definition) is 8. The Balaban J connectivity index is 2.16. The molecule has 44 heavy (non-hydrogen) atoms. The van der Waals surface area contributed by atoms with Gasteiger partial charge in [0.1, 0.15) is 6.10 Å². The number of hydrogen-bond donors (Lipinski definition) is 3. The molecule has 2 rings (SSSR count). The number of ketones is 1. The van der Waals surface area contributed by atoms with E-state index in [1.807, 2.05) is 6.92 Å². The van der Waals surface area contributed by atoms with Crippen LogP contribution in [0.2, 0.25) is 0 Å². The molecule has 2 aromatic rings. The van der Waals surface area contributed by atoms with Gasteiger partial charge in [0.2, 0.25) is 0 Å². The number of carbonyl (C=O) groups is 2. The third kappa shape index (κ3) is 11.1. The first-order valence-corrected chi connectivity index (χ1v) is 15.4. The number of rotatable bonds is 15. The Morgan fingerprint density at radius 2 is 1.80 bits per heavy atom. The molecule has 0 saturated heterocycles. The van der Waals surface area contributed by atoms with E-state index in [-0.39, 0.29) is 18.0 Å². The number of amides is 1. The van der Waals surface area contributed by atoms with Gasteiger partial charge in [0.15, 0.2) is 10.8 Å². The molecule has 242 valence electrons. The van der Waals surface area contributed by atoms with Gasteiger partial charge in [-0.1, -0.05) is 71.4 Å². The number of nitrogens with zero attached hydrogens (tertiary/aromatic N) is 2. The lowest BCUT2D eigenvalue weighted by atomic mass is 9.88. The SMILES string of the molecule is C=C/C=C(/c1ccc(C(F)(F)F)cc1)N(N)C[C@@H](OC(=O)N[C@@H](CCCC)C(=O)CNS(=O)(=O)c1ccccn1)C(C)(C)C. The molecule has 0 spiro atoms. The third-order valence-electron chi connectivity index (χ3n) is 6.55. The molecule has 10 nitrogen and oxygen atoms in total. The number of ether oxygens (including phenoxy) is 1. The molecule has 0 bridgehead atoms. The average molecular weight is 640 g/mol. The molecular weight excluding hydrogens is 599 g/mol. The minimum atomic E-state index is -4.50. The van der Waals surface area contributed by atoms with E-state index in [4.69, 9.17) is 10.6 Å². The van der Waals surface area contributed by atoms with Crippen molar-refractivity contribution in [2.75, 3.05) is 13.1 Å². The van der Waals surface area contributed by atoms with E-state index in [1.165, 1.54) is 47.6 Å². The maximum Gasteiger partial charge on any atom is 0.416 e. The number of hydrazine groups is 1. The van der Waals surface area contributed by atoms with Gasteiger partial charge in [-0.3, -0.25) is 4.79 Å². The molecule has 1 aromatic carbocycles. The van der Waals surface area contributed by atoms with Gasteiger partial charge in [0.25, 0.3) is 10.0 Å². The fraction of sp³-hybridized carbons (Fsp3) is 0.433. The van der Waals surface area contributed by atoms with Gasteiger partial charge in [-0.05, 0) is 42.3 Å². The van der Waals surface area contributed by atoms with Gasteiger partial charge in [-0.15, -0.1) is 0 Å². The van der Waals surface area contributed by atoms with Crippen molar-refractivity contribution in [3.8, 4) is 0 Å². The van der Waals surface area contributed by atoms with E-state index in [2.05, 4.69) is 21.6 Å². The summed E-state index contributed by atoms with van der Waals surface area (Å²) < 4.78 is 72.1. The van der Waals surface area contributed by atoms with Crippen LogP contribution in [0.1, 0.15) is 58.1 Å². The summed E-state index contributed by atoms with van der Waals surface area (Å²) in [5, 5.41) is 3.56. The Labute approximate surface area is 256 Å². The number of aromatic nitrogens is 1. The number of halogens is 3. The van der Waals surface area contributed by atoms with Gasteiger partial charge >= 0.3 is 12.3 Å². The van der Waals surface area contributed by atoms with E-state index in [9.17, 15) is 31.2 Å². The predicted molar refractivity (Wildman–Crippen MR) is 161 cm³/mol. The zero-order valence-corrected chi connectivity index (χ0v) is 26.0. The highest BCUT2D eigenvalue weighted by Gasteiger charge is 2.33. The topological polar surface area (TPSA) is 144 Å². The van der Waals surface area contributed by atoms with Crippen molar-refractivity contribution in [2.45, 2.75) is 70.3 Å². The lowest BCUT2D eigenvalue weighted by molar-refractivity contribution is -0.137. The zero-order valence-electron chi connectivity index (χ0n) is 25.2. The molecule has 0 aliphatic carbocycles. The van der Waals surface area contributed by atoms with Gasteiger partial charge in [0.05, 0.1) is 30.4 Å². The summed E-state index contributed by atoms with van der Waals surface area (Å²) in [5.41, 5.74) is -0.749. The molecule has 1 heterocycles. The van der Waals surface area contributed by atoms with Crippen LogP contribution in [-0.4, -0.2) is 55.5 Å². The smallest absolute Gasteiger partial charge is 0.416 e. The first-order chi connectivity index (χ1) is 20.5. The van der Waals surface area contributed by atoms with E-state index < -0.39 is 57.7 Å². The summed E-state index contributed by atoms with van der Waals surface area (Å²) in [6.45, 7) is 10.3. The van der Waals surface area contributed by atoms with Crippen LogP contribution in [0.4, 0.5) is 18.0 Å². The molecule has 14 heteroatoms. The second-order valence-electron chi connectivity index (χ2n) is 11.1. The minimum absolute atomic E-state index is 0.0605. The highest BCUT2D eigenvalue weighted by molar-refractivity contribution is 7.89. The predicted octanol–water partition coefficient (Wildman–Crippen LogP) is 5.05. The van der Waals surface area contributed by atoms with Crippen LogP contribution in [0.3, 0.4) is 0 Å². The monoisotopic (exact) mass is 639 g/mol. The Kier molecular flexibility index (Phi) is 13.1. The highest BCUT2D eigenvalue weighted by Crippen LogP contribution is 2.31. The number of alkyl carbamates (subject to hydrolysis) is 1. The summed E-state index contributed by atoms with van der Waals surface area (Å²) in [6, 6.07) is 7.75. The highest BCUT2D eigenvalue weighted by atomic mass is 32.2. The standard InChI is InChI=1S/C30H40F3N5O5S/c1-6-8-12-23(25(39)19-36-44(41,42)27-13-9-10-18-35-27)37-28(40)43-26(29(3,4)5)20-38(34)24(11-7-2)21-14-16-22(17-15-21)30(31,32)33/h7,9-11,13-18,23,26,36H,2,6,8,12,19-20,34H2,1,3-5H3,(H,37,40)/b24-11-/t23-,26+/m0/s1. The molecule has 0 fully saturated rings. The molecule has 0 radical (unpaired) electrons. The number of allylic oxidation sites excluding steroid dienone is 2. The molecular formula is C30H40F3N5O5S. The largest absolute Gasteiger partial charge is 0.444 e. The molecule has 0 unspecified atom stereocenters. The molecule has 1 amide bonds. The average Bonchev–Trinajstić information content (AvgIpc) is 2.96. The normalized spacial score (nSPS) is 14.0. The van der Waals surface area contributed by atoms with Crippen molar-refractivity contribution in [1.29, 1.82) is 0 Å². The number of sulfonamides is 1. The fourth-order valence-electron chi connectivity index (χ4n) is 3.96. The van der Waals surface area contributed by atoms with E-state index >= 15 is 0 Å². The van der Waals surface area contributed by atoms with Crippen LogP contribution < -0.4 is 15.9 Å². The number of nitrogens with two attached hydrogens (primary N) is 1. The van der Waals surface area contributed by atoms with Crippen LogP contribution in [0.5, 0.6) is 0 Å². The molecule has 0 aliphatic heterocycles. The Morgan fingerprint density at radius 3 is 2.32 bits per heavy atom. The van der Waals surface area contributed by atoms with Gasteiger partial charge in [-0.25, -0.2) is 28.8 Å². The number of pyridine rings is 1. The summed E-state index contributed by atoms with van der Waals surface area (Å²) in [4.78, 5) is 29.8. The Morgan fingerprint density at radius 1 is 1.14 bits per heavy atom. The van der Waals surface area contributed by atoms with E-state index in [0.717, 1.165) is 18.6 Å².